The van der Waals surface area contributed by atoms with Gasteiger partial charge in [0.25, 0.3) is 5.91 Å². The molecule has 1 amide bonds. The number of hydrogen-bond donors (Lipinski definition) is 0. The van der Waals surface area contributed by atoms with Crippen LogP contribution in [0.4, 0.5) is 13.2 Å². The monoisotopic (exact) mass is 507 g/mol. The van der Waals surface area contributed by atoms with Gasteiger partial charge in [0.1, 0.15) is 23.8 Å². The lowest BCUT2D eigenvalue weighted by Gasteiger charge is -2.34. The summed E-state index contributed by atoms with van der Waals surface area (Å²) in [6.45, 7) is 2.55. The van der Waals surface area contributed by atoms with Gasteiger partial charge in [0, 0.05) is 38.4 Å². The van der Waals surface area contributed by atoms with Crippen LogP contribution in [-0.2, 0) is 19.3 Å². The predicted octanol–water partition coefficient (Wildman–Crippen LogP) is 4.24. The summed E-state index contributed by atoms with van der Waals surface area (Å²) in [7, 11) is 0. The highest BCUT2D eigenvalue weighted by molar-refractivity contribution is 6.29. The molecule has 0 spiro atoms. The number of amides is 1. The second-order valence-electron chi connectivity index (χ2n) is 8.00. The Balaban J connectivity index is 1.28. The van der Waals surface area contributed by atoms with Gasteiger partial charge in [-0.1, -0.05) is 23.7 Å². The molecule has 0 unspecified atom stereocenters. The van der Waals surface area contributed by atoms with Crippen LogP contribution >= 0.6 is 11.6 Å². The highest BCUT2D eigenvalue weighted by atomic mass is 35.5. The number of carbonyl (C=O) groups is 1. The number of piperazine rings is 1. The van der Waals surface area contributed by atoms with E-state index in [9.17, 15) is 22.8 Å². The molecule has 0 N–H and O–H groups in total. The smallest absolute Gasteiger partial charge is 0.416 e. The van der Waals surface area contributed by atoms with Crippen molar-refractivity contribution in [2.24, 2.45) is 0 Å². The Hall–Kier alpha value is -3.37. The van der Waals surface area contributed by atoms with E-state index in [1.807, 2.05) is 0 Å². The quantitative estimate of drug-likeness (QED) is 0.464. The van der Waals surface area contributed by atoms with Crippen molar-refractivity contribution in [2.75, 3.05) is 26.2 Å². The number of benzene rings is 1. The van der Waals surface area contributed by atoms with Gasteiger partial charge < -0.3 is 14.1 Å². The van der Waals surface area contributed by atoms with E-state index in [4.69, 9.17) is 20.8 Å². The van der Waals surface area contributed by atoms with Crippen LogP contribution in [0.15, 0.2) is 64.1 Å². The zero-order valence-electron chi connectivity index (χ0n) is 18.4. The van der Waals surface area contributed by atoms with Crippen LogP contribution in [0.2, 0.25) is 5.15 Å². The summed E-state index contributed by atoms with van der Waals surface area (Å²) in [4.78, 5) is 32.7. The molecule has 11 heteroatoms. The second-order valence-corrected chi connectivity index (χ2v) is 8.38. The van der Waals surface area contributed by atoms with E-state index in [-0.39, 0.29) is 23.7 Å². The normalized spacial score (nSPS) is 14.7. The van der Waals surface area contributed by atoms with Gasteiger partial charge in [0.05, 0.1) is 17.7 Å². The van der Waals surface area contributed by atoms with Gasteiger partial charge in [0.15, 0.2) is 0 Å². The van der Waals surface area contributed by atoms with E-state index in [1.165, 1.54) is 30.7 Å². The molecular formula is C24H21ClF3N3O4. The largest absolute Gasteiger partial charge is 0.482 e. The second kappa shape index (κ2) is 10.5. The number of ether oxygens (including phenoxy) is 1. The average Bonchev–Trinajstić information content (AvgIpc) is 2.84. The molecule has 7 nitrogen and oxygen atoms in total. The third-order valence-corrected chi connectivity index (χ3v) is 5.76. The Morgan fingerprint density at radius 2 is 1.80 bits per heavy atom. The molecule has 1 aliphatic rings. The maximum absolute atomic E-state index is 12.7. The molecule has 0 atom stereocenters. The Morgan fingerprint density at radius 1 is 1.09 bits per heavy atom. The summed E-state index contributed by atoms with van der Waals surface area (Å²) in [5.74, 6) is 0.300. The molecule has 0 aliphatic carbocycles. The van der Waals surface area contributed by atoms with E-state index < -0.39 is 11.7 Å². The lowest BCUT2D eigenvalue weighted by Crippen LogP contribution is -2.48. The third kappa shape index (κ3) is 6.40. The van der Waals surface area contributed by atoms with Crippen molar-refractivity contribution in [3.05, 3.63) is 92.8 Å². The Labute approximate surface area is 203 Å². The van der Waals surface area contributed by atoms with E-state index in [0.29, 0.717) is 54.8 Å². The van der Waals surface area contributed by atoms with Crippen LogP contribution in [0.5, 0.6) is 5.75 Å². The van der Waals surface area contributed by atoms with Gasteiger partial charge in [-0.05, 0) is 29.8 Å². The molecule has 0 saturated carbocycles. The molecule has 1 fully saturated rings. The van der Waals surface area contributed by atoms with Gasteiger partial charge in [-0.25, -0.2) is 4.98 Å². The number of alkyl halides is 3. The first kappa shape index (κ1) is 24.7. The number of halogens is 4. The van der Waals surface area contributed by atoms with Crippen molar-refractivity contribution < 1.29 is 27.1 Å². The third-order valence-electron chi connectivity index (χ3n) is 5.54. The van der Waals surface area contributed by atoms with Crippen LogP contribution in [0, 0.1) is 0 Å². The summed E-state index contributed by atoms with van der Waals surface area (Å²) in [6.07, 6.45) is -1.76. The molecule has 1 aliphatic heterocycles. The minimum absolute atomic E-state index is 0.0272. The molecule has 2 aromatic heterocycles. The van der Waals surface area contributed by atoms with E-state index >= 15 is 0 Å². The number of rotatable bonds is 6. The van der Waals surface area contributed by atoms with E-state index in [2.05, 4.69) is 9.88 Å². The summed E-state index contributed by atoms with van der Waals surface area (Å²) < 4.78 is 48.9. The average molecular weight is 508 g/mol. The van der Waals surface area contributed by atoms with Crippen molar-refractivity contribution in [2.45, 2.75) is 19.3 Å². The molecule has 3 aromatic rings. The number of hydrogen-bond acceptors (Lipinski definition) is 6. The zero-order chi connectivity index (χ0) is 25.0. The maximum atomic E-state index is 12.7. The molecule has 1 saturated heterocycles. The van der Waals surface area contributed by atoms with Gasteiger partial charge in [-0.15, -0.1) is 0 Å². The first-order valence-electron chi connectivity index (χ1n) is 10.7. The minimum Gasteiger partial charge on any atom is -0.482 e. The fourth-order valence-electron chi connectivity index (χ4n) is 3.59. The molecule has 184 valence electrons. The first-order valence-corrected chi connectivity index (χ1v) is 11.1. The SMILES string of the molecule is O=C(c1ccc(Cl)nc1)N1CCN(Cc2cc(=O)c(OCc3ccc(C(F)(F)F)cc3)co2)CC1. The minimum atomic E-state index is -4.41. The zero-order valence-corrected chi connectivity index (χ0v) is 19.2. The van der Waals surface area contributed by atoms with Crippen molar-refractivity contribution in [1.82, 2.24) is 14.8 Å². The van der Waals surface area contributed by atoms with Gasteiger partial charge in [0.2, 0.25) is 11.2 Å². The fourth-order valence-corrected chi connectivity index (χ4v) is 3.70. The Morgan fingerprint density at radius 3 is 2.40 bits per heavy atom. The highest BCUT2D eigenvalue weighted by Crippen LogP contribution is 2.29. The predicted molar refractivity (Wildman–Crippen MR) is 121 cm³/mol. The summed E-state index contributed by atoms with van der Waals surface area (Å²) in [6, 6.07) is 9.07. The van der Waals surface area contributed by atoms with Crippen LogP contribution in [0.25, 0.3) is 0 Å². The Bertz CT molecular complexity index is 1220. The number of aromatic nitrogens is 1. The van der Waals surface area contributed by atoms with Crippen molar-refractivity contribution in [3.8, 4) is 5.75 Å². The van der Waals surface area contributed by atoms with Crippen LogP contribution < -0.4 is 10.2 Å². The van der Waals surface area contributed by atoms with Gasteiger partial charge in [-0.3, -0.25) is 14.5 Å². The van der Waals surface area contributed by atoms with Gasteiger partial charge >= 0.3 is 6.18 Å². The van der Waals surface area contributed by atoms with Crippen LogP contribution in [-0.4, -0.2) is 46.9 Å². The number of carbonyl (C=O) groups excluding carboxylic acids is 1. The fraction of sp³-hybridized carbons (Fsp3) is 0.292. The number of pyridine rings is 1. The standard InChI is InChI=1S/C24H21ClF3N3O4/c25-22-6-3-17(12-29-22)23(33)31-9-7-30(8-10-31)13-19-11-20(32)21(15-34-19)35-14-16-1-4-18(5-2-16)24(26,27)28/h1-6,11-12,15H,7-10,13-14H2. The summed E-state index contributed by atoms with van der Waals surface area (Å²) in [5, 5.41) is 0.323. The van der Waals surface area contributed by atoms with Gasteiger partial charge in [-0.2, -0.15) is 13.2 Å². The molecular weight excluding hydrogens is 487 g/mol. The summed E-state index contributed by atoms with van der Waals surface area (Å²) >= 11 is 5.77. The van der Waals surface area contributed by atoms with Crippen LogP contribution in [0.3, 0.4) is 0 Å². The maximum Gasteiger partial charge on any atom is 0.416 e. The van der Waals surface area contributed by atoms with Crippen molar-refractivity contribution in [3.63, 3.8) is 0 Å². The van der Waals surface area contributed by atoms with E-state index in [1.54, 1.807) is 17.0 Å². The first-order chi connectivity index (χ1) is 16.7. The summed E-state index contributed by atoms with van der Waals surface area (Å²) in [5.41, 5.74) is -0.177. The number of nitrogens with zero attached hydrogens (tertiary/aromatic N) is 3. The molecule has 0 radical (unpaired) electrons. The molecule has 3 heterocycles. The van der Waals surface area contributed by atoms with Crippen LogP contribution in [0.1, 0.15) is 27.2 Å². The van der Waals surface area contributed by atoms with Crippen molar-refractivity contribution >= 4 is 17.5 Å². The molecule has 0 bridgehead atoms. The van der Waals surface area contributed by atoms with Crippen molar-refractivity contribution in [1.29, 1.82) is 0 Å². The Kier molecular flexibility index (Phi) is 7.42. The molecule has 4 rings (SSSR count). The molecule has 1 aromatic carbocycles. The topological polar surface area (TPSA) is 75.9 Å². The highest BCUT2D eigenvalue weighted by Gasteiger charge is 2.30. The molecule has 35 heavy (non-hydrogen) atoms. The lowest BCUT2D eigenvalue weighted by atomic mass is 10.1. The lowest BCUT2D eigenvalue weighted by molar-refractivity contribution is -0.137. The van der Waals surface area contributed by atoms with E-state index in [0.717, 1.165) is 12.1 Å².